The Morgan fingerprint density at radius 2 is 1.64 bits per heavy atom. The minimum atomic E-state index is -1.37. The highest BCUT2D eigenvalue weighted by Crippen LogP contribution is 2.42. The van der Waals surface area contributed by atoms with E-state index in [1.807, 2.05) is 0 Å². The van der Waals surface area contributed by atoms with Gasteiger partial charge in [-0.2, -0.15) is 0 Å². The maximum absolute atomic E-state index is 14.1. The van der Waals surface area contributed by atoms with Gasteiger partial charge in [0.25, 0.3) is 0 Å². The third kappa shape index (κ3) is 2.19. The fourth-order valence-corrected chi connectivity index (χ4v) is 3.34. The Morgan fingerprint density at radius 1 is 1.00 bits per heavy atom. The summed E-state index contributed by atoms with van der Waals surface area (Å²) in [7, 11) is 0. The fourth-order valence-electron chi connectivity index (χ4n) is 2.27. The van der Waals surface area contributed by atoms with Crippen molar-refractivity contribution in [3.8, 4) is 16.9 Å². The van der Waals surface area contributed by atoms with Crippen molar-refractivity contribution in [3.63, 3.8) is 0 Å². The number of phenols is 1. The van der Waals surface area contributed by atoms with Gasteiger partial charge in [-0.1, -0.05) is 0 Å². The Balaban J connectivity index is 2.44. The molecule has 0 saturated carbocycles. The van der Waals surface area contributed by atoms with Crippen molar-refractivity contribution in [3.05, 3.63) is 52.7 Å². The molecule has 1 heterocycles. The molecule has 2 N–H and O–H groups in total. The molecule has 3 rings (SSSR count). The molecule has 1 aromatic heterocycles. The monoisotopic (exact) mass is 324 g/mol. The normalized spacial score (nSPS) is 11.0. The van der Waals surface area contributed by atoms with Crippen molar-refractivity contribution in [1.29, 1.82) is 0 Å². The lowest BCUT2D eigenvalue weighted by Crippen LogP contribution is -1.98. The SMILES string of the molecule is O=C(O)c1sc2cc(F)ccc2c1-c1c(F)cc(O)cc1F. The first kappa shape index (κ1) is 14.4. The van der Waals surface area contributed by atoms with Crippen LogP contribution in [0.25, 0.3) is 21.2 Å². The summed E-state index contributed by atoms with van der Waals surface area (Å²) < 4.78 is 41.7. The molecule has 7 heteroatoms. The number of phenolic OH excluding ortho intramolecular Hbond substituents is 1. The molecule has 112 valence electrons. The summed E-state index contributed by atoms with van der Waals surface area (Å²) >= 11 is 0.727. The topological polar surface area (TPSA) is 57.5 Å². The van der Waals surface area contributed by atoms with Crippen LogP contribution in [0.2, 0.25) is 0 Å². The zero-order chi connectivity index (χ0) is 16.0. The van der Waals surface area contributed by atoms with Gasteiger partial charge in [0.2, 0.25) is 0 Å². The third-order valence-corrected chi connectivity index (χ3v) is 4.26. The average Bonchev–Trinajstić information content (AvgIpc) is 2.76. The summed E-state index contributed by atoms with van der Waals surface area (Å²) in [6.07, 6.45) is 0. The third-order valence-electron chi connectivity index (χ3n) is 3.12. The van der Waals surface area contributed by atoms with Crippen LogP contribution >= 0.6 is 11.3 Å². The molecule has 0 fully saturated rings. The van der Waals surface area contributed by atoms with E-state index < -0.39 is 34.7 Å². The van der Waals surface area contributed by atoms with Crippen LogP contribution in [-0.2, 0) is 0 Å². The van der Waals surface area contributed by atoms with Crippen molar-refractivity contribution in [1.82, 2.24) is 0 Å². The van der Waals surface area contributed by atoms with Crippen molar-refractivity contribution in [2.45, 2.75) is 0 Å². The van der Waals surface area contributed by atoms with E-state index in [0.717, 1.165) is 23.5 Å². The van der Waals surface area contributed by atoms with E-state index in [-0.39, 0.29) is 20.5 Å². The molecule has 0 bridgehead atoms. The number of aromatic carboxylic acids is 1. The molecule has 0 saturated heterocycles. The smallest absolute Gasteiger partial charge is 0.346 e. The highest BCUT2D eigenvalue weighted by molar-refractivity contribution is 7.21. The second kappa shape index (κ2) is 5.03. The lowest BCUT2D eigenvalue weighted by Gasteiger charge is -2.07. The number of carbonyl (C=O) groups is 1. The van der Waals surface area contributed by atoms with Gasteiger partial charge >= 0.3 is 5.97 Å². The van der Waals surface area contributed by atoms with Gasteiger partial charge in [0.1, 0.15) is 28.1 Å². The number of benzene rings is 2. The van der Waals surface area contributed by atoms with E-state index in [2.05, 4.69) is 0 Å². The lowest BCUT2D eigenvalue weighted by atomic mass is 10.0. The summed E-state index contributed by atoms with van der Waals surface area (Å²) in [5.74, 6) is -4.75. The molecule has 3 nitrogen and oxygen atoms in total. The van der Waals surface area contributed by atoms with Crippen LogP contribution in [0, 0.1) is 17.5 Å². The molecular formula is C15H7F3O3S. The number of thiophene rings is 1. The molecule has 3 aromatic rings. The summed E-state index contributed by atoms with van der Waals surface area (Å²) in [6, 6.07) is 4.84. The van der Waals surface area contributed by atoms with Gasteiger partial charge in [-0.15, -0.1) is 11.3 Å². The Morgan fingerprint density at radius 3 is 2.23 bits per heavy atom. The zero-order valence-electron chi connectivity index (χ0n) is 10.7. The summed E-state index contributed by atoms with van der Waals surface area (Å²) in [4.78, 5) is 11.1. The minimum absolute atomic E-state index is 0.164. The average molecular weight is 324 g/mol. The van der Waals surface area contributed by atoms with Gasteiger partial charge in [0, 0.05) is 27.8 Å². The Kier molecular flexibility index (Phi) is 3.29. The van der Waals surface area contributed by atoms with Gasteiger partial charge in [0.15, 0.2) is 0 Å². The van der Waals surface area contributed by atoms with E-state index in [1.165, 1.54) is 6.07 Å². The second-order valence-electron chi connectivity index (χ2n) is 4.54. The molecule has 0 spiro atoms. The van der Waals surface area contributed by atoms with E-state index >= 15 is 0 Å². The largest absolute Gasteiger partial charge is 0.508 e. The number of carboxylic acids is 1. The number of halogens is 3. The van der Waals surface area contributed by atoms with Crippen LogP contribution in [-0.4, -0.2) is 16.2 Å². The predicted octanol–water partition coefficient (Wildman–Crippen LogP) is 4.39. The second-order valence-corrected chi connectivity index (χ2v) is 5.59. The van der Waals surface area contributed by atoms with Crippen LogP contribution in [0.4, 0.5) is 13.2 Å². The molecule has 22 heavy (non-hydrogen) atoms. The quantitative estimate of drug-likeness (QED) is 0.735. The molecule has 0 unspecified atom stereocenters. The molecule has 2 aromatic carbocycles. The summed E-state index contributed by atoms with van der Waals surface area (Å²) in [6.45, 7) is 0. The van der Waals surface area contributed by atoms with Crippen LogP contribution in [0.3, 0.4) is 0 Å². The minimum Gasteiger partial charge on any atom is -0.508 e. The Hall–Kier alpha value is -2.54. The number of carboxylic acid groups (broad SMARTS) is 1. The molecule has 0 aliphatic rings. The van der Waals surface area contributed by atoms with E-state index in [4.69, 9.17) is 0 Å². The molecule has 0 aliphatic heterocycles. The lowest BCUT2D eigenvalue weighted by molar-refractivity contribution is 0.0703. The Labute approximate surface area is 125 Å². The summed E-state index contributed by atoms with van der Waals surface area (Å²) in [5.41, 5.74) is -0.726. The van der Waals surface area contributed by atoms with Gasteiger partial charge < -0.3 is 10.2 Å². The van der Waals surface area contributed by atoms with Gasteiger partial charge in [0.05, 0.1) is 5.56 Å². The van der Waals surface area contributed by atoms with Crippen molar-refractivity contribution in [2.75, 3.05) is 0 Å². The maximum Gasteiger partial charge on any atom is 0.346 e. The molecule has 0 radical (unpaired) electrons. The highest BCUT2D eigenvalue weighted by atomic mass is 32.1. The molecule has 0 aliphatic carbocycles. The zero-order valence-corrected chi connectivity index (χ0v) is 11.5. The number of hydrogen-bond donors (Lipinski definition) is 2. The molecule has 0 atom stereocenters. The predicted molar refractivity (Wildman–Crippen MR) is 75.8 cm³/mol. The highest BCUT2D eigenvalue weighted by Gasteiger charge is 2.25. The first-order valence-electron chi connectivity index (χ1n) is 6.02. The van der Waals surface area contributed by atoms with Crippen molar-refractivity contribution in [2.24, 2.45) is 0 Å². The van der Waals surface area contributed by atoms with E-state index in [9.17, 15) is 28.2 Å². The van der Waals surface area contributed by atoms with Crippen LogP contribution in [0.15, 0.2) is 30.3 Å². The van der Waals surface area contributed by atoms with E-state index in [1.54, 1.807) is 0 Å². The molecule has 0 amide bonds. The van der Waals surface area contributed by atoms with Crippen LogP contribution < -0.4 is 0 Å². The Bertz CT molecular complexity index is 895. The van der Waals surface area contributed by atoms with E-state index in [0.29, 0.717) is 12.1 Å². The number of hydrogen-bond acceptors (Lipinski definition) is 3. The number of rotatable bonds is 2. The number of fused-ring (bicyclic) bond motifs is 1. The first-order valence-corrected chi connectivity index (χ1v) is 6.84. The summed E-state index contributed by atoms with van der Waals surface area (Å²) in [5, 5.41) is 18.7. The standard InChI is InChI=1S/C15H7F3O3S/c16-6-1-2-8-11(3-6)22-14(15(20)21)12(8)13-9(17)4-7(19)5-10(13)18/h1-5,19H,(H,20,21). The fraction of sp³-hybridized carbons (Fsp3) is 0. The van der Waals surface area contributed by atoms with Gasteiger partial charge in [-0.3, -0.25) is 0 Å². The van der Waals surface area contributed by atoms with Crippen LogP contribution in [0.5, 0.6) is 5.75 Å². The van der Waals surface area contributed by atoms with Crippen molar-refractivity contribution < 1.29 is 28.2 Å². The van der Waals surface area contributed by atoms with Gasteiger partial charge in [-0.05, 0) is 18.2 Å². The first-order chi connectivity index (χ1) is 10.4. The van der Waals surface area contributed by atoms with Crippen LogP contribution in [0.1, 0.15) is 9.67 Å². The number of aromatic hydroxyl groups is 1. The van der Waals surface area contributed by atoms with Crippen molar-refractivity contribution >= 4 is 27.4 Å². The molecular weight excluding hydrogens is 317 g/mol. The van der Waals surface area contributed by atoms with Gasteiger partial charge in [-0.25, -0.2) is 18.0 Å². The maximum atomic E-state index is 14.1.